The van der Waals surface area contributed by atoms with Gasteiger partial charge in [-0.3, -0.25) is 14.4 Å². The first-order valence-electron chi connectivity index (χ1n) is 23.2. The van der Waals surface area contributed by atoms with E-state index < -0.39 is 6.10 Å². The molecule has 0 bridgehead atoms. The van der Waals surface area contributed by atoms with Crippen molar-refractivity contribution in [3.05, 3.63) is 134 Å². The number of allylic oxidation sites excluding steroid dienone is 22. The lowest BCUT2D eigenvalue weighted by Gasteiger charge is -2.18. The third-order valence-corrected chi connectivity index (χ3v) is 8.89. The molecular weight excluding hydrogens is 745 g/mol. The molecule has 6 nitrogen and oxygen atoms in total. The molecular formula is C54H82O6. The molecule has 1 unspecified atom stereocenters. The minimum atomic E-state index is -0.839. The van der Waals surface area contributed by atoms with E-state index in [4.69, 9.17) is 14.2 Å². The van der Waals surface area contributed by atoms with Crippen molar-refractivity contribution in [2.24, 2.45) is 0 Å². The standard InChI is InChI=1S/C54H82O6/c1-4-7-10-13-16-19-22-24-25-26-27-28-29-30-33-35-38-41-44-47-53(56)59-50-51(49-58-52(55)46-43-40-37-34-31-21-18-15-12-9-6-3)60-54(57)48-45-42-39-36-32-23-20-17-14-11-8-5-2/h7-12,16-21,24-25,27-28,30,33-34,37-38,41,51H,4-6,13-15,22-23,26,29,31-32,35-36,39-40,42-50H2,1-3H3/b10-7-,11-8-,12-9-,19-16-,20-17-,21-18-,25-24-,28-27-,33-30-,37-34-,41-38-. The highest BCUT2D eigenvalue weighted by atomic mass is 16.6. The van der Waals surface area contributed by atoms with Crippen LogP contribution in [-0.4, -0.2) is 37.2 Å². The van der Waals surface area contributed by atoms with E-state index in [0.29, 0.717) is 12.8 Å². The van der Waals surface area contributed by atoms with Gasteiger partial charge >= 0.3 is 17.9 Å². The van der Waals surface area contributed by atoms with Gasteiger partial charge < -0.3 is 14.2 Å². The lowest BCUT2D eigenvalue weighted by Crippen LogP contribution is -2.30. The molecule has 0 spiro atoms. The first-order chi connectivity index (χ1) is 29.5. The fraction of sp³-hybridized carbons (Fsp3) is 0.537. The van der Waals surface area contributed by atoms with Gasteiger partial charge in [0.2, 0.25) is 0 Å². The summed E-state index contributed by atoms with van der Waals surface area (Å²) < 4.78 is 16.6. The maximum absolute atomic E-state index is 12.7. The summed E-state index contributed by atoms with van der Waals surface area (Å²) in [5.41, 5.74) is 0. The van der Waals surface area contributed by atoms with Gasteiger partial charge in [-0.05, 0) is 109 Å². The molecule has 6 heteroatoms. The van der Waals surface area contributed by atoms with Gasteiger partial charge in [-0.15, -0.1) is 0 Å². The molecule has 0 amide bonds. The highest BCUT2D eigenvalue weighted by Crippen LogP contribution is 2.11. The molecule has 0 aromatic rings. The van der Waals surface area contributed by atoms with E-state index in [-0.39, 0.29) is 50.4 Å². The lowest BCUT2D eigenvalue weighted by molar-refractivity contribution is -0.166. The Morgan fingerprint density at radius 3 is 1.08 bits per heavy atom. The van der Waals surface area contributed by atoms with Crippen LogP contribution in [0.25, 0.3) is 0 Å². The fourth-order valence-corrected chi connectivity index (χ4v) is 5.53. The van der Waals surface area contributed by atoms with E-state index in [0.717, 1.165) is 116 Å². The molecule has 0 aliphatic heterocycles. The second kappa shape index (κ2) is 47.2. The Hall–Kier alpha value is -4.45. The highest BCUT2D eigenvalue weighted by Gasteiger charge is 2.19. The maximum Gasteiger partial charge on any atom is 0.306 e. The number of esters is 3. The predicted molar refractivity (Wildman–Crippen MR) is 256 cm³/mol. The van der Waals surface area contributed by atoms with E-state index in [9.17, 15) is 14.4 Å². The first-order valence-corrected chi connectivity index (χ1v) is 23.2. The van der Waals surface area contributed by atoms with Crippen LogP contribution in [0.1, 0.15) is 168 Å². The summed E-state index contributed by atoms with van der Waals surface area (Å²) in [5.74, 6) is -1.11. The van der Waals surface area contributed by atoms with Crippen molar-refractivity contribution in [1.82, 2.24) is 0 Å². The number of carbonyl (C=O) groups is 3. The molecule has 0 heterocycles. The Kier molecular flexibility index (Phi) is 43.7. The molecule has 0 rings (SSSR count). The number of unbranched alkanes of at least 4 members (excludes halogenated alkanes) is 6. The van der Waals surface area contributed by atoms with Crippen molar-refractivity contribution >= 4 is 17.9 Å². The second-order valence-electron chi connectivity index (χ2n) is 14.5. The molecule has 0 aliphatic carbocycles. The van der Waals surface area contributed by atoms with Gasteiger partial charge in [-0.2, -0.15) is 0 Å². The number of hydrogen-bond donors (Lipinski definition) is 0. The Morgan fingerprint density at radius 2 is 0.650 bits per heavy atom. The molecule has 0 saturated carbocycles. The summed E-state index contributed by atoms with van der Waals surface area (Å²) in [4.78, 5) is 37.7. The summed E-state index contributed by atoms with van der Waals surface area (Å²) in [7, 11) is 0. The number of carbonyl (C=O) groups excluding carboxylic acids is 3. The van der Waals surface area contributed by atoms with Crippen LogP contribution < -0.4 is 0 Å². The van der Waals surface area contributed by atoms with Crippen LogP contribution in [0, 0.1) is 0 Å². The van der Waals surface area contributed by atoms with E-state index in [1.807, 2.05) is 12.2 Å². The van der Waals surface area contributed by atoms with Crippen molar-refractivity contribution in [2.75, 3.05) is 13.2 Å². The second-order valence-corrected chi connectivity index (χ2v) is 14.5. The minimum Gasteiger partial charge on any atom is -0.462 e. The summed E-state index contributed by atoms with van der Waals surface area (Å²) in [6, 6.07) is 0. The van der Waals surface area contributed by atoms with Gasteiger partial charge in [0, 0.05) is 19.3 Å². The van der Waals surface area contributed by atoms with Crippen molar-refractivity contribution in [3.63, 3.8) is 0 Å². The van der Waals surface area contributed by atoms with Crippen LogP contribution in [-0.2, 0) is 28.6 Å². The third kappa shape index (κ3) is 44.6. The monoisotopic (exact) mass is 827 g/mol. The Morgan fingerprint density at radius 1 is 0.333 bits per heavy atom. The van der Waals surface area contributed by atoms with Crippen LogP contribution >= 0.6 is 0 Å². The number of ether oxygens (including phenoxy) is 3. The van der Waals surface area contributed by atoms with Crippen LogP contribution in [0.15, 0.2) is 134 Å². The smallest absolute Gasteiger partial charge is 0.306 e. The SMILES string of the molecule is CC/C=C\C/C=C\C/C=C\C/C=C\C/C=C\C/C=C\CCC(=O)OCC(COC(=O)CCC/C=C\C/C=C\C/C=C\CC)OC(=O)CCCCCCC/C=C\C/C=C\CC. The third-order valence-electron chi connectivity index (χ3n) is 8.89. The van der Waals surface area contributed by atoms with Crippen molar-refractivity contribution in [2.45, 2.75) is 175 Å². The zero-order valence-corrected chi connectivity index (χ0v) is 37.9. The first kappa shape index (κ1) is 55.5. The highest BCUT2D eigenvalue weighted by molar-refractivity contribution is 5.71. The largest absolute Gasteiger partial charge is 0.462 e. The van der Waals surface area contributed by atoms with Crippen LogP contribution in [0.5, 0.6) is 0 Å². The molecule has 60 heavy (non-hydrogen) atoms. The topological polar surface area (TPSA) is 78.9 Å². The molecule has 0 aromatic heterocycles. The van der Waals surface area contributed by atoms with Crippen LogP contribution in [0.4, 0.5) is 0 Å². The Labute approximate surface area is 366 Å². The number of rotatable bonds is 39. The molecule has 0 aromatic carbocycles. The summed E-state index contributed by atoms with van der Waals surface area (Å²) >= 11 is 0. The average Bonchev–Trinajstić information content (AvgIpc) is 3.24. The summed E-state index contributed by atoms with van der Waals surface area (Å²) in [6.45, 7) is 6.13. The van der Waals surface area contributed by atoms with E-state index in [2.05, 4.69) is 142 Å². The van der Waals surface area contributed by atoms with E-state index in [1.54, 1.807) is 0 Å². The van der Waals surface area contributed by atoms with Crippen molar-refractivity contribution in [1.29, 1.82) is 0 Å². The Balaban J connectivity index is 4.58. The normalized spacial score (nSPS) is 13.3. The lowest BCUT2D eigenvalue weighted by atomic mass is 10.1. The van der Waals surface area contributed by atoms with Crippen LogP contribution in [0.2, 0.25) is 0 Å². The Bertz CT molecular complexity index is 1370. The van der Waals surface area contributed by atoms with Gasteiger partial charge in [0.15, 0.2) is 6.10 Å². The molecule has 0 N–H and O–H groups in total. The van der Waals surface area contributed by atoms with E-state index in [1.165, 1.54) is 0 Å². The molecule has 0 fully saturated rings. The van der Waals surface area contributed by atoms with Crippen LogP contribution in [0.3, 0.4) is 0 Å². The van der Waals surface area contributed by atoms with Gasteiger partial charge in [-0.25, -0.2) is 0 Å². The molecule has 0 saturated heterocycles. The molecule has 0 radical (unpaired) electrons. The summed E-state index contributed by atoms with van der Waals surface area (Å²) in [5, 5.41) is 0. The fourth-order valence-electron chi connectivity index (χ4n) is 5.53. The predicted octanol–water partition coefficient (Wildman–Crippen LogP) is 15.1. The molecule has 1 atom stereocenters. The maximum atomic E-state index is 12.7. The zero-order valence-electron chi connectivity index (χ0n) is 37.9. The summed E-state index contributed by atoms with van der Waals surface area (Å²) in [6.07, 6.45) is 66.0. The molecule has 0 aliphatic rings. The molecule has 334 valence electrons. The van der Waals surface area contributed by atoms with Crippen molar-refractivity contribution in [3.8, 4) is 0 Å². The van der Waals surface area contributed by atoms with E-state index >= 15 is 0 Å². The minimum absolute atomic E-state index is 0.139. The van der Waals surface area contributed by atoms with Gasteiger partial charge in [0.05, 0.1) is 0 Å². The quantitative estimate of drug-likeness (QED) is 0.0266. The van der Waals surface area contributed by atoms with Gasteiger partial charge in [0.1, 0.15) is 13.2 Å². The van der Waals surface area contributed by atoms with Gasteiger partial charge in [-0.1, -0.05) is 174 Å². The number of hydrogen-bond acceptors (Lipinski definition) is 6. The van der Waals surface area contributed by atoms with Gasteiger partial charge in [0.25, 0.3) is 0 Å². The zero-order chi connectivity index (χ0) is 43.7. The average molecular weight is 827 g/mol. The van der Waals surface area contributed by atoms with Crippen molar-refractivity contribution < 1.29 is 28.6 Å².